The number of hydrogen-bond acceptors (Lipinski definition) is 3. The molecule has 2 aromatic rings. The minimum Gasteiger partial charge on any atom is -0.365 e. The fourth-order valence-electron chi connectivity index (χ4n) is 2.67. The second-order valence-corrected chi connectivity index (χ2v) is 8.44. The van der Waals surface area contributed by atoms with Crippen LogP contribution in [0.1, 0.15) is 24.2 Å². The Balaban J connectivity index is 1.93. The van der Waals surface area contributed by atoms with Gasteiger partial charge in [-0.1, -0.05) is 41.4 Å². The smallest absolute Gasteiger partial charge is 0.263 e. The van der Waals surface area contributed by atoms with Crippen molar-refractivity contribution in [3.8, 4) is 0 Å². The third-order valence-electron chi connectivity index (χ3n) is 4.12. The second kappa shape index (κ2) is 7.20. The molecule has 0 amide bonds. The Hall–Kier alpha value is -1.82. The first-order chi connectivity index (χ1) is 11.9. The summed E-state index contributed by atoms with van der Waals surface area (Å²) in [6.45, 7) is 4.02. The van der Waals surface area contributed by atoms with E-state index in [0.29, 0.717) is 5.02 Å². The molecule has 4 nitrogen and oxygen atoms in total. The highest BCUT2D eigenvalue weighted by Crippen LogP contribution is 2.28. The van der Waals surface area contributed by atoms with Crippen molar-refractivity contribution in [1.29, 1.82) is 0 Å². The Kier molecular flexibility index (Phi) is 5.18. The topological polar surface area (TPSA) is 46.6 Å². The molecular formula is C19H20ClNO3S. The predicted molar refractivity (Wildman–Crippen MR) is 99.0 cm³/mol. The molecule has 0 aromatic heterocycles. The fraction of sp³-hybridized carbons (Fsp3) is 0.263. The molecule has 0 fully saturated rings. The van der Waals surface area contributed by atoms with Crippen LogP contribution < -0.4 is 0 Å². The molecule has 3 rings (SSSR count). The van der Waals surface area contributed by atoms with Crippen LogP contribution in [-0.4, -0.2) is 25.4 Å². The number of benzene rings is 2. The van der Waals surface area contributed by atoms with Crippen molar-refractivity contribution in [2.24, 2.45) is 0 Å². The Labute approximate surface area is 153 Å². The molecule has 1 aliphatic heterocycles. The van der Waals surface area contributed by atoms with E-state index < -0.39 is 10.0 Å². The molecule has 0 saturated carbocycles. The first-order valence-electron chi connectivity index (χ1n) is 8.04. The highest BCUT2D eigenvalue weighted by molar-refractivity contribution is 7.89. The van der Waals surface area contributed by atoms with Gasteiger partial charge in [-0.15, -0.1) is 0 Å². The van der Waals surface area contributed by atoms with Gasteiger partial charge in [0.1, 0.15) is 6.10 Å². The number of rotatable bonds is 3. The van der Waals surface area contributed by atoms with Crippen molar-refractivity contribution < 1.29 is 13.2 Å². The van der Waals surface area contributed by atoms with Gasteiger partial charge in [0.2, 0.25) is 0 Å². The highest BCUT2D eigenvalue weighted by Gasteiger charge is 2.28. The molecule has 25 heavy (non-hydrogen) atoms. The highest BCUT2D eigenvalue weighted by atomic mass is 35.5. The summed E-state index contributed by atoms with van der Waals surface area (Å²) in [5.41, 5.74) is 1.91. The van der Waals surface area contributed by atoms with E-state index in [1.165, 1.54) is 4.31 Å². The summed E-state index contributed by atoms with van der Waals surface area (Å²) in [4.78, 5) is 0.271. The summed E-state index contributed by atoms with van der Waals surface area (Å²) in [5.74, 6) is 0. The lowest BCUT2D eigenvalue weighted by Crippen LogP contribution is -2.30. The van der Waals surface area contributed by atoms with Crippen LogP contribution in [0.25, 0.3) is 0 Å². The van der Waals surface area contributed by atoms with Crippen LogP contribution in [0.2, 0.25) is 5.02 Å². The van der Waals surface area contributed by atoms with Gasteiger partial charge in [-0.25, -0.2) is 8.42 Å². The molecule has 1 aliphatic rings. The zero-order valence-corrected chi connectivity index (χ0v) is 15.7. The van der Waals surface area contributed by atoms with Crippen molar-refractivity contribution in [1.82, 2.24) is 4.31 Å². The third kappa shape index (κ3) is 4.06. The number of nitrogens with zero attached hydrogens (tertiary/aromatic N) is 1. The molecular weight excluding hydrogens is 358 g/mol. The van der Waals surface area contributed by atoms with E-state index in [1.807, 2.05) is 26.0 Å². The van der Waals surface area contributed by atoms with E-state index in [2.05, 4.69) is 0 Å². The van der Waals surface area contributed by atoms with E-state index in [0.717, 1.165) is 11.1 Å². The SMILES string of the molecule is Cc1ccc(S(=O)(=O)N2C=CC(C)OC(c3ccc(Cl)cc3)C2)cc1. The molecule has 1 heterocycles. The van der Waals surface area contributed by atoms with E-state index in [1.54, 1.807) is 48.7 Å². The fourth-order valence-corrected chi connectivity index (χ4v) is 4.11. The van der Waals surface area contributed by atoms with Crippen LogP contribution in [0.3, 0.4) is 0 Å². The zero-order valence-electron chi connectivity index (χ0n) is 14.1. The van der Waals surface area contributed by atoms with E-state index in [4.69, 9.17) is 16.3 Å². The molecule has 2 aromatic carbocycles. The largest absolute Gasteiger partial charge is 0.365 e. The number of ether oxygens (including phenoxy) is 1. The summed E-state index contributed by atoms with van der Waals surface area (Å²) in [5, 5.41) is 0.632. The number of hydrogen-bond donors (Lipinski definition) is 0. The zero-order chi connectivity index (χ0) is 18.0. The molecule has 0 radical (unpaired) electrons. The third-order valence-corrected chi connectivity index (χ3v) is 6.13. The molecule has 0 N–H and O–H groups in total. The van der Waals surface area contributed by atoms with E-state index >= 15 is 0 Å². The van der Waals surface area contributed by atoms with Gasteiger partial charge in [0, 0.05) is 11.2 Å². The first-order valence-corrected chi connectivity index (χ1v) is 9.86. The van der Waals surface area contributed by atoms with Gasteiger partial charge in [0.25, 0.3) is 10.0 Å². The maximum Gasteiger partial charge on any atom is 0.263 e. The molecule has 6 heteroatoms. The van der Waals surface area contributed by atoms with Gasteiger partial charge < -0.3 is 4.74 Å². The van der Waals surface area contributed by atoms with Crippen molar-refractivity contribution in [3.63, 3.8) is 0 Å². The molecule has 2 atom stereocenters. The molecule has 2 unspecified atom stereocenters. The Morgan fingerprint density at radius 1 is 1.08 bits per heavy atom. The standard InChI is InChI=1S/C19H20ClNO3S/c1-14-3-9-18(10-4-14)25(22,23)21-12-11-15(2)24-19(13-21)16-5-7-17(20)8-6-16/h3-12,15,19H,13H2,1-2H3. The maximum atomic E-state index is 13.0. The average molecular weight is 378 g/mol. The maximum absolute atomic E-state index is 13.0. The van der Waals surface area contributed by atoms with Crippen LogP contribution in [0, 0.1) is 6.92 Å². The van der Waals surface area contributed by atoms with Crippen LogP contribution in [0.4, 0.5) is 0 Å². The lowest BCUT2D eigenvalue weighted by Gasteiger charge is -2.25. The van der Waals surface area contributed by atoms with Crippen LogP contribution in [-0.2, 0) is 14.8 Å². The minimum atomic E-state index is -3.63. The Morgan fingerprint density at radius 2 is 1.72 bits per heavy atom. The normalized spacial score (nSPS) is 21.2. The van der Waals surface area contributed by atoms with Gasteiger partial charge in [-0.2, -0.15) is 0 Å². The second-order valence-electron chi connectivity index (χ2n) is 6.11. The molecule has 132 valence electrons. The number of halogens is 1. The van der Waals surface area contributed by atoms with Gasteiger partial charge in [0.15, 0.2) is 0 Å². The summed E-state index contributed by atoms with van der Waals surface area (Å²) in [6.07, 6.45) is 2.78. The quantitative estimate of drug-likeness (QED) is 0.800. The lowest BCUT2D eigenvalue weighted by atomic mass is 10.1. The molecule has 0 aliphatic carbocycles. The summed E-state index contributed by atoms with van der Waals surface area (Å²) < 4.78 is 33.3. The average Bonchev–Trinajstić information content (AvgIpc) is 2.78. The molecule has 0 saturated heterocycles. The van der Waals surface area contributed by atoms with Gasteiger partial charge in [0.05, 0.1) is 17.5 Å². The van der Waals surface area contributed by atoms with Crippen LogP contribution in [0.5, 0.6) is 0 Å². The van der Waals surface area contributed by atoms with Crippen LogP contribution >= 0.6 is 11.6 Å². The van der Waals surface area contributed by atoms with Crippen molar-refractivity contribution >= 4 is 21.6 Å². The van der Waals surface area contributed by atoms with E-state index in [9.17, 15) is 8.42 Å². The van der Waals surface area contributed by atoms with Gasteiger partial charge >= 0.3 is 0 Å². The van der Waals surface area contributed by atoms with Gasteiger partial charge in [-0.05, 0) is 49.8 Å². The lowest BCUT2D eigenvalue weighted by molar-refractivity contribution is 0.0220. The predicted octanol–water partition coefficient (Wildman–Crippen LogP) is 4.31. The van der Waals surface area contributed by atoms with Crippen LogP contribution in [0.15, 0.2) is 65.7 Å². The number of aryl methyl sites for hydroxylation is 1. The monoisotopic (exact) mass is 377 g/mol. The summed E-state index contributed by atoms with van der Waals surface area (Å²) in [7, 11) is -3.63. The first kappa shape index (κ1) is 18.0. The Morgan fingerprint density at radius 3 is 2.36 bits per heavy atom. The molecule has 0 spiro atoms. The van der Waals surface area contributed by atoms with E-state index in [-0.39, 0.29) is 23.6 Å². The van der Waals surface area contributed by atoms with Gasteiger partial charge in [-0.3, -0.25) is 4.31 Å². The summed E-state index contributed by atoms with van der Waals surface area (Å²) >= 11 is 5.95. The number of sulfonamides is 1. The molecule has 0 bridgehead atoms. The van der Waals surface area contributed by atoms with Crippen molar-refractivity contribution in [2.45, 2.75) is 31.0 Å². The van der Waals surface area contributed by atoms with Crippen molar-refractivity contribution in [3.05, 3.63) is 77.0 Å². The Bertz CT molecular complexity index is 861. The van der Waals surface area contributed by atoms with Crippen molar-refractivity contribution in [2.75, 3.05) is 6.54 Å². The minimum absolute atomic E-state index is 0.195. The summed E-state index contributed by atoms with van der Waals surface area (Å²) in [6, 6.07) is 14.1.